The number of ether oxygens (including phenoxy) is 1. The van der Waals surface area contributed by atoms with Crippen molar-refractivity contribution in [1.82, 2.24) is 14.7 Å². The number of benzene rings is 1. The topological polar surface area (TPSA) is 81.2 Å². The van der Waals surface area contributed by atoms with Gasteiger partial charge in [0.25, 0.3) is 0 Å². The van der Waals surface area contributed by atoms with Gasteiger partial charge < -0.3 is 4.74 Å². The molecule has 0 saturated heterocycles. The van der Waals surface area contributed by atoms with Crippen LogP contribution < -0.4 is 9.46 Å². The van der Waals surface area contributed by atoms with E-state index in [0.717, 1.165) is 24.3 Å². The first-order valence-corrected chi connectivity index (χ1v) is 9.80. The molecule has 0 aliphatic heterocycles. The highest BCUT2D eigenvalue weighted by Crippen LogP contribution is 2.29. The van der Waals surface area contributed by atoms with E-state index in [4.69, 9.17) is 4.74 Å². The molecule has 3 rings (SSSR count). The number of nitrogens with one attached hydrogen (secondary N) is 1. The summed E-state index contributed by atoms with van der Waals surface area (Å²) >= 11 is 0. The molecule has 0 spiro atoms. The van der Waals surface area contributed by atoms with Crippen LogP contribution in [0.3, 0.4) is 0 Å². The maximum Gasteiger partial charge on any atom is 0.416 e. The van der Waals surface area contributed by atoms with Crippen molar-refractivity contribution in [1.29, 1.82) is 0 Å². The normalized spacial score (nSPS) is 12.0. The molecule has 0 saturated carbocycles. The maximum atomic E-state index is 12.6. The molecule has 6 nitrogen and oxygen atoms in total. The Hall–Kier alpha value is -2.98. The molecule has 0 fully saturated rings. The minimum atomic E-state index is -4.54. The summed E-state index contributed by atoms with van der Waals surface area (Å²) in [5.74, 6) is 0.462. The van der Waals surface area contributed by atoms with Crippen molar-refractivity contribution >= 4 is 10.0 Å². The first-order valence-electron chi connectivity index (χ1n) is 8.32. The zero-order valence-electron chi connectivity index (χ0n) is 15.1. The van der Waals surface area contributed by atoms with E-state index in [1.807, 2.05) is 0 Å². The molecule has 29 heavy (non-hydrogen) atoms. The van der Waals surface area contributed by atoms with Crippen LogP contribution in [0.5, 0.6) is 5.75 Å². The zero-order chi connectivity index (χ0) is 21.1. The maximum absolute atomic E-state index is 12.6. The lowest BCUT2D eigenvalue weighted by atomic mass is 10.2. The van der Waals surface area contributed by atoms with Gasteiger partial charge in [0.2, 0.25) is 10.0 Å². The number of nitrogens with zero attached hydrogens (tertiary/aromatic N) is 2. The fourth-order valence-corrected chi connectivity index (χ4v) is 3.49. The molecule has 0 aliphatic carbocycles. The van der Waals surface area contributed by atoms with Crippen LogP contribution in [-0.2, 0) is 22.7 Å². The van der Waals surface area contributed by atoms with Gasteiger partial charge >= 0.3 is 6.18 Å². The Balaban J connectivity index is 1.81. The van der Waals surface area contributed by atoms with Gasteiger partial charge in [-0.2, -0.15) is 13.2 Å². The summed E-state index contributed by atoms with van der Waals surface area (Å²) in [6.07, 6.45) is -2.94. The molecule has 0 unspecified atom stereocenters. The smallest absolute Gasteiger partial charge is 0.416 e. The fraction of sp³-hybridized carbons (Fsp3) is 0.158. The Bertz CT molecular complexity index is 1090. The summed E-state index contributed by atoms with van der Waals surface area (Å²) in [6, 6.07) is 11.8. The number of halogens is 3. The Kier molecular flexibility index (Phi) is 5.85. The first kappa shape index (κ1) is 20.7. The molecular formula is C19H16F3N3O3S. The fourth-order valence-electron chi connectivity index (χ4n) is 2.49. The summed E-state index contributed by atoms with van der Waals surface area (Å²) < 4.78 is 70.3. The highest BCUT2D eigenvalue weighted by Gasteiger charge is 2.30. The monoisotopic (exact) mass is 423 g/mol. The highest BCUT2D eigenvalue weighted by molar-refractivity contribution is 7.89. The van der Waals surface area contributed by atoms with Gasteiger partial charge in [0.15, 0.2) is 0 Å². The Morgan fingerprint density at radius 3 is 2.34 bits per heavy atom. The first-order chi connectivity index (χ1) is 13.7. The molecule has 0 aliphatic rings. The molecule has 0 atom stereocenters. The molecular weight excluding hydrogens is 407 g/mol. The van der Waals surface area contributed by atoms with Crippen molar-refractivity contribution < 1.29 is 26.3 Å². The van der Waals surface area contributed by atoms with Crippen LogP contribution >= 0.6 is 0 Å². The lowest BCUT2D eigenvalue weighted by molar-refractivity contribution is -0.137. The summed E-state index contributed by atoms with van der Waals surface area (Å²) in [5, 5.41) is 0. The van der Waals surface area contributed by atoms with Gasteiger partial charge in [-0.05, 0) is 36.4 Å². The Morgan fingerprint density at radius 1 is 1.03 bits per heavy atom. The van der Waals surface area contributed by atoms with Crippen LogP contribution in [0.4, 0.5) is 13.2 Å². The van der Waals surface area contributed by atoms with E-state index < -0.39 is 21.8 Å². The van der Waals surface area contributed by atoms with E-state index in [-0.39, 0.29) is 11.4 Å². The van der Waals surface area contributed by atoms with E-state index in [9.17, 15) is 21.6 Å². The van der Waals surface area contributed by atoms with Gasteiger partial charge in [-0.1, -0.05) is 6.07 Å². The van der Waals surface area contributed by atoms with E-state index in [1.165, 1.54) is 7.11 Å². The highest BCUT2D eigenvalue weighted by atomic mass is 32.2. The van der Waals surface area contributed by atoms with E-state index in [1.54, 1.807) is 36.5 Å². The third-order valence-electron chi connectivity index (χ3n) is 3.95. The third kappa shape index (κ3) is 5.09. The van der Waals surface area contributed by atoms with E-state index >= 15 is 0 Å². The predicted octanol–water partition coefficient (Wildman–Crippen LogP) is 3.65. The van der Waals surface area contributed by atoms with E-state index in [2.05, 4.69) is 14.7 Å². The van der Waals surface area contributed by atoms with Crippen LogP contribution in [0.1, 0.15) is 11.3 Å². The van der Waals surface area contributed by atoms with Crippen molar-refractivity contribution in [2.24, 2.45) is 0 Å². The third-order valence-corrected chi connectivity index (χ3v) is 5.37. The molecule has 0 amide bonds. The average molecular weight is 423 g/mol. The lowest BCUT2D eigenvalue weighted by Crippen LogP contribution is -2.24. The van der Waals surface area contributed by atoms with Crippen molar-refractivity contribution in [2.75, 3.05) is 7.11 Å². The van der Waals surface area contributed by atoms with Crippen LogP contribution in [0, 0.1) is 0 Å². The number of hydrogen-bond acceptors (Lipinski definition) is 5. The number of aromatic nitrogens is 2. The van der Waals surface area contributed by atoms with Gasteiger partial charge in [-0.25, -0.2) is 18.1 Å². The second-order valence-corrected chi connectivity index (χ2v) is 7.71. The minimum absolute atomic E-state index is 0.180. The second kappa shape index (κ2) is 8.18. The molecule has 0 bridgehead atoms. The molecule has 2 heterocycles. The van der Waals surface area contributed by atoms with Crippen molar-refractivity contribution in [3.05, 3.63) is 72.1 Å². The van der Waals surface area contributed by atoms with Crippen molar-refractivity contribution in [3.8, 4) is 17.1 Å². The molecule has 10 heteroatoms. The minimum Gasteiger partial charge on any atom is -0.497 e. The van der Waals surface area contributed by atoms with Crippen molar-refractivity contribution in [2.45, 2.75) is 17.6 Å². The van der Waals surface area contributed by atoms with Gasteiger partial charge in [0, 0.05) is 18.3 Å². The molecule has 2 aromatic heterocycles. The largest absolute Gasteiger partial charge is 0.497 e. The summed E-state index contributed by atoms with van der Waals surface area (Å²) in [7, 11) is -2.57. The van der Waals surface area contributed by atoms with Gasteiger partial charge in [-0.15, -0.1) is 0 Å². The predicted molar refractivity (Wildman–Crippen MR) is 99.5 cm³/mol. The summed E-state index contributed by atoms with van der Waals surface area (Å²) in [5.41, 5.74) is 0.512. The van der Waals surface area contributed by atoms with Gasteiger partial charge in [0.1, 0.15) is 5.75 Å². The Morgan fingerprint density at radius 2 is 1.76 bits per heavy atom. The molecule has 0 radical (unpaired) electrons. The van der Waals surface area contributed by atoms with Gasteiger partial charge in [0.05, 0.1) is 41.2 Å². The number of hydrogen-bond donors (Lipinski definition) is 1. The van der Waals surface area contributed by atoms with Crippen LogP contribution in [0.2, 0.25) is 0 Å². The molecule has 3 aromatic rings. The quantitative estimate of drug-likeness (QED) is 0.655. The molecule has 1 aromatic carbocycles. The number of alkyl halides is 3. The number of sulfonamides is 1. The standard InChI is InChI=1S/C19H16F3N3O3S/c1-28-15-10-14(25-18(11-15)17-4-2-3-9-23-17)12-24-29(26,27)16-7-5-13(6-8-16)19(20,21)22/h2-11,24H,12H2,1H3. The lowest BCUT2D eigenvalue weighted by Gasteiger charge is -2.11. The molecule has 1 N–H and O–H groups in total. The average Bonchev–Trinajstić information content (AvgIpc) is 2.72. The van der Waals surface area contributed by atoms with Crippen LogP contribution in [0.15, 0.2) is 65.7 Å². The van der Waals surface area contributed by atoms with Crippen LogP contribution in [0.25, 0.3) is 11.4 Å². The zero-order valence-corrected chi connectivity index (χ0v) is 16.0. The number of methoxy groups -OCH3 is 1. The van der Waals surface area contributed by atoms with Gasteiger partial charge in [-0.3, -0.25) is 4.98 Å². The summed E-state index contributed by atoms with van der Waals surface area (Å²) in [6.45, 7) is -0.180. The van der Waals surface area contributed by atoms with Crippen LogP contribution in [-0.4, -0.2) is 25.5 Å². The van der Waals surface area contributed by atoms with Crippen molar-refractivity contribution in [3.63, 3.8) is 0 Å². The summed E-state index contributed by atoms with van der Waals surface area (Å²) in [4.78, 5) is 8.30. The SMILES string of the molecule is COc1cc(CNS(=O)(=O)c2ccc(C(F)(F)F)cc2)nc(-c2ccccn2)c1. The van der Waals surface area contributed by atoms with E-state index in [0.29, 0.717) is 22.8 Å². The molecule has 152 valence electrons. The number of pyridine rings is 2. The second-order valence-electron chi connectivity index (χ2n) is 5.95. The Labute approximate surface area is 165 Å². The number of rotatable bonds is 6.